The van der Waals surface area contributed by atoms with Crippen molar-refractivity contribution in [2.24, 2.45) is 4.99 Å². The van der Waals surface area contributed by atoms with Crippen molar-refractivity contribution in [2.75, 3.05) is 5.32 Å². The number of fused-ring (bicyclic) bond motifs is 1. The molecule has 134 valence electrons. The van der Waals surface area contributed by atoms with Crippen molar-refractivity contribution in [3.8, 4) is 0 Å². The first-order valence-electron chi connectivity index (χ1n) is 7.82. The van der Waals surface area contributed by atoms with Gasteiger partial charge in [-0.15, -0.1) is 0 Å². The predicted molar refractivity (Wildman–Crippen MR) is 104 cm³/mol. The highest BCUT2D eigenvalue weighted by molar-refractivity contribution is 9.10. The summed E-state index contributed by atoms with van der Waals surface area (Å²) in [7, 11) is 0. The van der Waals surface area contributed by atoms with Gasteiger partial charge in [-0.05, 0) is 17.7 Å². The maximum atomic E-state index is 12.5. The molecule has 1 aliphatic rings. The van der Waals surface area contributed by atoms with Gasteiger partial charge in [0.1, 0.15) is 18.3 Å². The first-order chi connectivity index (χ1) is 12.5. The number of halogens is 2. The molecule has 1 atom stereocenters. The van der Waals surface area contributed by atoms with E-state index in [4.69, 9.17) is 16.3 Å². The molecule has 2 aromatic rings. The summed E-state index contributed by atoms with van der Waals surface area (Å²) in [5, 5.41) is 5.71. The highest BCUT2D eigenvalue weighted by Crippen LogP contribution is 2.37. The summed E-state index contributed by atoms with van der Waals surface area (Å²) in [5.74, 6) is -0.372. The molecule has 3 rings (SSSR count). The number of nitrogens with one attached hydrogen (secondary N) is 2. The average molecular weight is 437 g/mol. The fourth-order valence-electron chi connectivity index (χ4n) is 2.40. The molecular weight excluding hydrogens is 422 g/mol. The number of amides is 2. The van der Waals surface area contributed by atoms with E-state index >= 15 is 0 Å². The van der Waals surface area contributed by atoms with Crippen LogP contribution in [0.5, 0.6) is 0 Å². The van der Waals surface area contributed by atoms with Gasteiger partial charge in [0.05, 0.1) is 10.7 Å². The van der Waals surface area contributed by atoms with Gasteiger partial charge in [0.15, 0.2) is 0 Å². The molecule has 0 radical (unpaired) electrons. The minimum atomic E-state index is -0.798. The monoisotopic (exact) mass is 435 g/mol. The Morgan fingerprint density at radius 3 is 2.88 bits per heavy atom. The van der Waals surface area contributed by atoms with E-state index in [1.165, 1.54) is 0 Å². The van der Waals surface area contributed by atoms with Crippen molar-refractivity contribution in [1.82, 2.24) is 5.32 Å². The van der Waals surface area contributed by atoms with E-state index in [1.54, 1.807) is 18.3 Å². The van der Waals surface area contributed by atoms with Crippen molar-refractivity contribution in [3.63, 3.8) is 0 Å². The lowest BCUT2D eigenvalue weighted by atomic mass is 10.1. The van der Waals surface area contributed by atoms with Gasteiger partial charge >= 0.3 is 6.09 Å². The number of hydrogen-bond donors (Lipinski definition) is 2. The molecule has 0 fully saturated rings. The summed E-state index contributed by atoms with van der Waals surface area (Å²) < 4.78 is 5.87. The molecule has 2 amide bonds. The lowest BCUT2D eigenvalue weighted by molar-refractivity contribution is -0.117. The Hall–Kier alpha value is -2.38. The third-order valence-corrected chi connectivity index (χ3v) is 4.41. The molecule has 0 saturated heterocycles. The van der Waals surface area contributed by atoms with Gasteiger partial charge in [-0.1, -0.05) is 57.9 Å². The van der Waals surface area contributed by atoms with Crippen LogP contribution in [-0.2, 0) is 16.1 Å². The average Bonchev–Trinajstić information content (AvgIpc) is 2.60. The highest BCUT2D eigenvalue weighted by atomic mass is 79.9. The Bertz CT molecular complexity index is 858. The van der Waals surface area contributed by atoms with E-state index in [1.807, 2.05) is 30.3 Å². The third kappa shape index (κ3) is 4.62. The van der Waals surface area contributed by atoms with Gasteiger partial charge in [-0.25, -0.2) is 4.79 Å². The summed E-state index contributed by atoms with van der Waals surface area (Å²) in [4.78, 5) is 28.7. The fourth-order valence-corrected chi connectivity index (χ4v) is 3.26. The van der Waals surface area contributed by atoms with Crippen molar-refractivity contribution in [3.05, 3.63) is 57.5 Å². The number of ether oxygens (including phenoxy) is 1. The van der Waals surface area contributed by atoms with Crippen LogP contribution in [0.2, 0.25) is 5.02 Å². The van der Waals surface area contributed by atoms with Crippen molar-refractivity contribution in [1.29, 1.82) is 0 Å². The maximum absolute atomic E-state index is 12.5. The highest BCUT2D eigenvalue weighted by Gasteiger charge is 2.24. The lowest BCUT2D eigenvalue weighted by Crippen LogP contribution is -2.44. The van der Waals surface area contributed by atoms with Crippen LogP contribution in [0.25, 0.3) is 0 Å². The molecule has 1 aliphatic heterocycles. The zero-order chi connectivity index (χ0) is 18.5. The Morgan fingerprint density at radius 2 is 2.12 bits per heavy atom. The zero-order valence-electron chi connectivity index (χ0n) is 13.5. The molecule has 0 saturated carbocycles. The quantitative estimate of drug-likeness (QED) is 0.746. The number of nitrogens with zero attached hydrogens (tertiary/aromatic N) is 1. The molecule has 2 aromatic carbocycles. The number of aliphatic imine (C=N–C) groups is 1. The summed E-state index contributed by atoms with van der Waals surface area (Å²) in [6, 6.07) is 11.9. The van der Waals surface area contributed by atoms with Crippen LogP contribution in [0, 0.1) is 0 Å². The topological polar surface area (TPSA) is 79.8 Å². The van der Waals surface area contributed by atoms with Crippen LogP contribution in [0.1, 0.15) is 12.0 Å². The number of carbonyl (C=O) groups is 2. The van der Waals surface area contributed by atoms with Crippen molar-refractivity contribution in [2.45, 2.75) is 19.1 Å². The van der Waals surface area contributed by atoms with Gasteiger partial charge in [0.25, 0.3) is 0 Å². The van der Waals surface area contributed by atoms with Gasteiger partial charge in [-0.2, -0.15) is 0 Å². The minimum absolute atomic E-state index is 0.125. The van der Waals surface area contributed by atoms with E-state index in [-0.39, 0.29) is 18.9 Å². The van der Waals surface area contributed by atoms with E-state index in [0.717, 1.165) is 5.56 Å². The molecule has 1 heterocycles. The first-order valence-corrected chi connectivity index (χ1v) is 8.99. The molecule has 0 aliphatic carbocycles. The van der Waals surface area contributed by atoms with Gasteiger partial charge in [-0.3, -0.25) is 9.79 Å². The smallest absolute Gasteiger partial charge is 0.408 e. The van der Waals surface area contributed by atoms with Crippen LogP contribution < -0.4 is 10.6 Å². The first kappa shape index (κ1) is 18.4. The number of alkyl carbamates (subject to hydrolysis) is 1. The SMILES string of the molecule is O=C(NC1CC=Nc2c(Cl)cc(Br)cc2NC1=O)OCc1ccccc1. The van der Waals surface area contributed by atoms with E-state index in [9.17, 15) is 9.59 Å². The number of hydrogen-bond acceptors (Lipinski definition) is 4. The molecule has 2 N–H and O–H groups in total. The summed E-state index contributed by atoms with van der Waals surface area (Å²) in [6.07, 6.45) is 1.10. The number of anilines is 1. The fraction of sp³-hybridized carbons (Fsp3) is 0.167. The number of benzene rings is 2. The van der Waals surface area contributed by atoms with Crippen LogP contribution in [0.3, 0.4) is 0 Å². The van der Waals surface area contributed by atoms with Gasteiger partial charge in [0.2, 0.25) is 5.91 Å². The molecule has 26 heavy (non-hydrogen) atoms. The largest absolute Gasteiger partial charge is 0.445 e. The second-order valence-corrected chi connectivity index (χ2v) is 6.90. The van der Waals surface area contributed by atoms with Gasteiger partial charge in [0, 0.05) is 17.1 Å². The number of rotatable bonds is 3. The number of carbonyl (C=O) groups excluding carboxylic acids is 2. The Morgan fingerprint density at radius 1 is 1.35 bits per heavy atom. The van der Waals surface area contributed by atoms with Gasteiger partial charge < -0.3 is 15.4 Å². The van der Waals surface area contributed by atoms with E-state index < -0.39 is 12.1 Å². The lowest BCUT2D eigenvalue weighted by Gasteiger charge is -2.20. The molecule has 6 nitrogen and oxygen atoms in total. The molecule has 1 unspecified atom stereocenters. The van der Waals surface area contributed by atoms with Crippen LogP contribution in [-0.4, -0.2) is 24.3 Å². The molecule has 0 bridgehead atoms. The zero-order valence-corrected chi connectivity index (χ0v) is 15.9. The summed E-state index contributed by atoms with van der Waals surface area (Å²) in [5.41, 5.74) is 1.81. The van der Waals surface area contributed by atoms with Crippen LogP contribution in [0.4, 0.5) is 16.2 Å². The second-order valence-electron chi connectivity index (χ2n) is 5.58. The van der Waals surface area contributed by atoms with Crippen molar-refractivity contribution >= 4 is 57.1 Å². The normalized spacial score (nSPS) is 16.1. The van der Waals surface area contributed by atoms with E-state index in [0.29, 0.717) is 20.9 Å². The Balaban J connectivity index is 1.65. The molecule has 0 aromatic heterocycles. The van der Waals surface area contributed by atoms with Crippen LogP contribution in [0.15, 0.2) is 51.9 Å². The third-order valence-electron chi connectivity index (χ3n) is 3.67. The summed E-state index contributed by atoms with van der Waals surface area (Å²) in [6.45, 7) is 0.125. The van der Waals surface area contributed by atoms with Crippen LogP contribution >= 0.6 is 27.5 Å². The second kappa shape index (κ2) is 8.33. The molecular formula is C18H15BrClN3O3. The van der Waals surface area contributed by atoms with E-state index in [2.05, 4.69) is 31.6 Å². The standard InChI is InChI=1S/C18H15BrClN3O3/c19-12-8-13(20)16-15(9-12)22-17(24)14(6-7-21-16)23-18(25)26-10-11-4-2-1-3-5-11/h1-5,7-9,14H,6,10H2,(H,22,24)(H,23,25). The Kier molecular flexibility index (Phi) is 5.90. The molecule has 8 heteroatoms. The summed E-state index contributed by atoms with van der Waals surface area (Å²) >= 11 is 9.48. The maximum Gasteiger partial charge on any atom is 0.408 e. The Labute approximate surface area is 163 Å². The predicted octanol–water partition coefficient (Wildman–Crippen LogP) is 4.44. The minimum Gasteiger partial charge on any atom is -0.445 e. The molecule has 0 spiro atoms. The van der Waals surface area contributed by atoms with Crippen molar-refractivity contribution < 1.29 is 14.3 Å².